The molecular weight excluding hydrogens is 372 g/mol. The van der Waals surface area contributed by atoms with Gasteiger partial charge >= 0.3 is 0 Å². The molecule has 0 aliphatic carbocycles. The lowest BCUT2D eigenvalue weighted by Gasteiger charge is -2.14. The highest BCUT2D eigenvalue weighted by atomic mass is 79.9. The summed E-state index contributed by atoms with van der Waals surface area (Å²) in [7, 11) is 0. The monoisotopic (exact) mass is 390 g/mol. The lowest BCUT2D eigenvalue weighted by atomic mass is 9.99. The van der Waals surface area contributed by atoms with Crippen molar-refractivity contribution in [2.75, 3.05) is 0 Å². The quantitative estimate of drug-likeness (QED) is 0.573. The third kappa shape index (κ3) is 4.45. The number of benzene rings is 2. The number of aromatic hydroxyl groups is 1. The van der Waals surface area contributed by atoms with Gasteiger partial charge in [0.2, 0.25) is 0 Å². The molecule has 0 aliphatic heterocycles. The predicted molar refractivity (Wildman–Crippen MR) is 96.0 cm³/mol. The third-order valence-corrected chi connectivity index (χ3v) is 3.87. The Kier molecular flexibility index (Phi) is 5.78. The van der Waals surface area contributed by atoms with Gasteiger partial charge in [0.15, 0.2) is 11.6 Å². The Morgan fingerprint density at radius 2 is 1.75 bits per heavy atom. The van der Waals surface area contributed by atoms with E-state index in [-0.39, 0.29) is 29.6 Å². The number of ether oxygens (including phenoxy) is 1. The molecule has 0 aromatic heterocycles. The number of carbonyl (C=O) groups is 2. The summed E-state index contributed by atoms with van der Waals surface area (Å²) < 4.78 is 6.38. The van der Waals surface area contributed by atoms with Crippen LogP contribution in [0.4, 0.5) is 0 Å². The zero-order valence-corrected chi connectivity index (χ0v) is 15.4. The second-order valence-electron chi connectivity index (χ2n) is 5.85. The van der Waals surface area contributed by atoms with Gasteiger partial charge in [-0.15, -0.1) is 0 Å². The number of carbonyl (C=O) groups excluding carboxylic acids is 2. The molecule has 24 heavy (non-hydrogen) atoms. The normalized spacial score (nSPS) is 10.7. The maximum Gasteiger partial charge on any atom is 0.174 e. The van der Waals surface area contributed by atoms with Crippen molar-refractivity contribution in [1.29, 1.82) is 0 Å². The number of hydrogen-bond acceptors (Lipinski definition) is 4. The summed E-state index contributed by atoms with van der Waals surface area (Å²) in [5.74, 6) is -0.444. The number of hydrogen-bond donors (Lipinski definition) is 1. The Hall–Kier alpha value is -2.14. The lowest BCUT2D eigenvalue weighted by Crippen LogP contribution is -2.13. The molecule has 126 valence electrons. The first-order valence-electron chi connectivity index (χ1n) is 7.60. The van der Waals surface area contributed by atoms with Crippen molar-refractivity contribution >= 4 is 27.5 Å². The molecule has 0 fully saturated rings. The fourth-order valence-corrected chi connectivity index (χ4v) is 2.65. The standard InChI is InChI=1S/C19H19BrO4/c1-11(2)24-19-7-5-13(20)9-15(19)18(23)10-17(22)14-8-12(3)4-6-16(14)21/h4-9,11,21H,10H2,1-3H3. The summed E-state index contributed by atoms with van der Waals surface area (Å²) in [6.45, 7) is 5.55. The Morgan fingerprint density at radius 1 is 1.08 bits per heavy atom. The van der Waals surface area contributed by atoms with E-state index in [1.54, 1.807) is 30.3 Å². The van der Waals surface area contributed by atoms with Gasteiger partial charge in [-0.05, 0) is 51.1 Å². The summed E-state index contributed by atoms with van der Waals surface area (Å²) in [4.78, 5) is 25.0. The molecule has 0 bridgehead atoms. The number of rotatable bonds is 6. The molecule has 2 rings (SSSR count). The van der Waals surface area contributed by atoms with Crippen LogP contribution in [-0.4, -0.2) is 22.8 Å². The van der Waals surface area contributed by atoms with Gasteiger partial charge in [-0.25, -0.2) is 0 Å². The van der Waals surface area contributed by atoms with Crippen LogP contribution in [0.1, 0.15) is 46.5 Å². The van der Waals surface area contributed by atoms with Gasteiger partial charge in [-0.1, -0.05) is 27.6 Å². The maximum absolute atomic E-state index is 12.6. The van der Waals surface area contributed by atoms with E-state index in [2.05, 4.69) is 15.9 Å². The summed E-state index contributed by atoms with van der Waals surface area (Å²) in [6, 6.07) is 9.87. The first-order valence-corrected chi connectivity index (χ1v) is 8.39. The van der Waals surface area contributed by atoms with E-state index in [1.807, 2.05) is 20.8 Å². The third-order valence-electron chi connectivity index (χ3n) is 3.38. The lowest BCUT2D eigenvalue weighted by molar-refractivity contribution is 0.0890. The highest BCUT2D eigenvalue weighted by Crippen LogP contribution is 2.27. The van der Waals surface area contributed by atoms with Crippen molar-refractivity contribution < 1.29 is 19.4 Å². The molecular formula is C19H19BrO4. The topological polar surface area (TPSA) is 63.6 Å². The molecule has 2 aromatic carbocycles. The summed E-state index contributed by atoms with van der Waals surface area (Å²) in [6.07, 6.45) is -0.420. The first-order chi connectivity index (χ1) is 11.3. The number of Topliss-reactive ketones (excluding diaryl/α,β-unsaturated/α-hetero) is 2. The second-order valence-corrected chi connectivity index (χ2v) is 6.77. The number of phenols is 1. The molecule has 0 radical (unpaired) electrons. The number of ketones is 2. The molecule has 0 unspecified atom stereocenters. The van der Waals surface area contributed by atoms with Crippen molar-refractivity contribution in [2.24, 2.45) is 0 Å². The maximum atomic E-state index is 12.6. The Labute approximate surface area is 149 Å². The largest absolute Gasteiger partial charge is 0.507 e. The van der Waals surface area contributed by atoms with Crippen molar-refractivity contribution in [2.45, 2.75) is 33.3 Å². The predicted octanol–water partition coefficient (Wildman–Crippen LogP) is 4.71. The van der Waals surface area contributed by atoms with Crippen molar-refractivity contribution in [3.63, 3.8) is 0 Å². The Morgan fingerprint density at radius 3 is 2.42 bits per heavy atom. The average molecular weight is 391 g/mol. The van der Waals surface area contributed by atoms with E-state index < -0.39 is 5.78 Å². The highest BCUT2D eigenvalue weighted by molar-refractivity contribution is 9.10. The number of aryl methyl sites for hydroxylation is 1. The molecule has 5 heteroatoms. The molecule has 0 saturated heterocycles. The van der Waals surface area contributed by atoms with Crippen LogP contribution in [0.15, 0.2) is 40.9 Å². The molecule has 0 spiro atoms. The van der Waals surface area contributed by atoms with Crippen LogP contribution in [-0.2, 0) is 0 Å². The molecule has 0 amide bonds. The van der Waals surface area contributed by atoms with E-state index in [0.717, 1.165) is 10.0 Å². The van der Waals surface area contributed by atoms with Gasteiger partial charge < -0.3 is 9.84 Å². The van der Waals surface area contributed by atoms with Crippen LogP contribution < -0.4 is 4.74 Å². The fraction of sp³-hybridized carbons (Fsp3) is 0.263. The highest BCUT2D eigenvalue weighted by Gasteiger charge is 2.20. The molecule has 4 nitrogen and oxygen atoms in total. The summed E-state index contributed by atoms with van der Waals surface area (Å²) in [5, 5.41) is 9.84. The zero-order valence-electron chi connectivity index (χ0n) is 13.8. The van der Waals surface area contributed by atoms with E-state index in [4.69, 9.17) is 4.74 Å². The van der Waals surface area contributed by atoms with Gasteiger partial charge in [0.05, 0.1) is 23.7 Å². The number of phenolic OH excluding ortho intramolecular Hbond substituents is 1. The molecule has 0 saturated carbocycles. The van der Waals surface area contributed by atoms with Crippen molar-refractivity contribution in [3.05, 3.63) is 57.6 Å². The van der Waals surface area contributed by atoms with Crippen LogP contribution in [0.25, 0.3) is 0 Å². The van der Waals surface area contributed by atoms with E-state index in [1.165, 1.54) is 6.07 Å². The Balaban J connectivity index is 2.28. The summed E-state index contributed by atoms with van der Waals surface area (Å²) in [5.41, 5.74) is 1.35. The van der Waals surface area contributed by atoms with Crippen molar-refractivity contribution in [1.82, 2.24) is 0 Å². The smallest absolute Gasteiger partial charge is 0.174 e. The molecule has 2 aromatic rings. The van der Waals surface area contributed by atoms with Gasteiger partial charge in [0.1, 0.15) is 11.5 Å². The van der Waals surface area contributed by atoms with Crippen LogP contribution in [0.3, 0.4) is 0 Å². The fourth-order valence-electron chi connectivity index (χ4n) is 2.29. The number of halogens is 1. The van der Waals surface area contributed by atoms with Gasteiger partial charge in [-0.2, -0.15) is 0 Å². The summed E-state index contributed by atoms with van der Waals surface area (Å²) >= 11 is 3.33. The zero-order chi connectivity index (χ0) is 17.9. The van der Waals surface area contributed by atoms with Crippen molar-refractivity contribution in [3.8, 4) is 11.5 Å². The second kappa shape index (κ2) is 7.62. The van der Waals surface area contributed by atoms with Gasteiger partial charge in [-0.3, -0.25) is 9.59 Å². The van der Waals surface area contributed by atoms with Gasteiger partial charge in [0, 0.05) is 4.47 Å². The van der Waals surface area contributed by atoms with Gasteiger partial charge in [0.25, 0.3) is 0 Å². The van der Waals surface area contributed by atoms with E-state index >= 15 is 0 Å². The van der Waals surface area contributed by atoms with Crippen LogP contribution >= 0.6 is 15.9 Å². The minimum absolute atomic E-state index is 0.0887. The first kappa shape index (κ1) is 18.2. The molecule has 1 N–H and O–H groups in total. The molecule has 0 heterocycles. The molecule has 0 atom stereocenters. The van der Waals surface area contributed by atoms with E-state index in [0.29, 0.717) is 11.3 Å². The van der Waals surface area contributed by atoms with E-state index in [9.17, 15) is 14.7 Å². The Bertz CT molecular complexity index is 781. The van der Waals surface area contributed by atoms with Crippen LogP contribution in [0.2, 0.25) is 0 Å². The van der Waals surface area contributed by atoms with Crippen LogP contribution in [0, 0.1) is 6.92 Å². The van der Waals surface area contributed by atoms with Crippen LogP contribution in [0.5, 0.6) is 11.5 Å². The SMILES string of the molecule is Cc1ccc(O)c(C(=O)CC(=O)c2cc(Br)ccc2OC(C)C)c1. The minimum atomic E-state index is -0.420. The molecule has 0 aliphatic rings. The minimum Gasteiger partial charge on any atom is -0.507 e. The average Bonchev–Trinajstić information content (AvgIpc) is 2.50.